The van der Waals surface area contributed by atoms with Gasteiger partial charge < -0.3 is 10.1 Å². The van der Waals surface area contributed by atoms with Crippen molar-refractivity contribution in [3.05, 3.63) is 29.8 Å². The van der Waals surface area contributed by atoms with Gasteiger partial charge in [0.15, 0.2) is 0 Å². The molecule has 0 spiro atoms. The first kappa shape index (κ1) is 17.8. The normalized spacial score (nSPS) is 15.0. The van der Waals surface area contributed by atoms with Gasteiger partial charge in [0, 0.05) is 12.1 Å². The van der Waals surface area contributed by atoms with Crippen molar-refractivity contribution in [1.82, 2.24) is 5.32 Å². The number of hydrogen-bond acceptors (Lipinski definition) is 2. The summed E-state index contributed by atoms with van der Waals surface area (Å²) < 4.78 is 42.5. The number of hydrogen-bond donors (Lipinski definition) is 1. The second-order valence-electron chi connectivity index (χ2n) is 5.88. The van der Waals surface area contributed by atoms with E-state index in [0.717, 1.165) is 11.3 Å². The third-order valence-corrected chi connectivity index (χ3v) is 3.04. The van der Waals surface area contributed by atoms with Gasteiger partial charge in [-0.15, -0.1) is 0 Å². The lowest BCUT2D eigenvalue weighted by Gasteiger charge is -2.21. The Kier molecular flexibility index (Phi) is 6.52. The third-order valence-electron chi connectivity index (χ3n) is 3.04. The Bertz CT molecular complexity index is 415. The third kappa shape index (κ3) is 7.37. The van der Waals surface area contributed by atoms with Gasteiger partial charge in [0.1, 0.15) is 5.75 Å². The van der Waals surface area contributed by atoms with Gasteiger partial charge in [0.2, 0.25) is 0 Å². The molecule has 0 saturated heterocycles. The zero-order valence-corrected chi connectivity index (χ0v) is 13.0. The predicted octanol–water partition coefficient (Wildman–Crippen LogP) is 4.71. The van der Waals surface area contributed by atoms with Crippen LogP contribution in [0.3, 0.4) is 0 Å². The maximum absolute atomic E-state index is 12.3. The first-order valence-corrected chi connectivity index (χ1v) is 7.23. The van der Waals surface area contributed by atoms with E-state index in [0.29, 0.717) is 12.5 Å². The molecule has 0 fully saturated rings. The van der Waals surface area contributed by atoms with Gasteiger partial charge in [-0.05, 0) is 37.5 Å². The van der Waals surface area contributed by atoms with Crippen molar-refractivity contribution in [2.45, 2.75) is 52.4 Å². The van der Waals surface area contributed by atoms with Gasteiger partial charge in [-0.3, -0.25) is 0 Å². The summed E-state index contributed by atoms with van der Waals surface area (Å²) in [5.41, 5.74) is 0.945. The number of rotatable bonds is 7. The molecule has 1 aromatic carbocycles. The van der Waals surface area contributed by atoms with Crippen molar-refractivity contribution in [2.24, 2.45) is 5.92 Å². The molecule has 0 heterocycles. The Morgan fingerprint density at radius 2 is 1.62 bits per heavy atom. The molecule has 0 aliphatic heterocycles. The van der Waals surface area contributed by atoms with Gasteiger partial charge in [-0.1, -0.05) is 26.0 Å². The second kappa shape index (κ2) is 7.69. The summed E-state index contributed by atoms with van der Waals surface area (Å²) in [6.07, 6.45) is -4.96. The molecule has 0 aliphatic rings. The number of halogens is 3. The predicted molar refractivity (Wildman–Crippen MR) is 78.5 cm³/mol. The Balaban J connectivity index is 2.52. The fourth-order valence-electron chi connectivity index (χ4n) is 2.04. The average Bonchev–Trinajstić information content (AvgIpc) is 2.34. The topological polar surface area (TPSA) is 21.3 Å². The molecule has 0 aliphatic carbocycles. The molecule has 1 N–H and O–H groups in total. The molecule has 21 heavy (non-hydrogen) atoms. The Hall–Kier alpha value is -1.23. The molecule has 0 saturated carbocycles. The maximum Gasteiger partial charge on any atom is 0.390 e. The molecule has 0 aromatic heterocycles. The van der Waals surface area contributed by atoms with E-state index >= 15 is 0 Å². The molecule has 120 valence electrons. The van der Waals surface area contributed by atoms with Crippen LogP contribution in [0.15, 0.2) is 24.3 Å². The Labute approximate surface area is 124 Å². The summed E-state index contributed by atoms with van der Waals surface area (Å²) >= 11 is 0. The lowest BCUT2D eigenvalue weighted by atomic mass is 10.1. The highest BCUT2D eigenvalue weighted by molar-refractivity contribution is 5.29. The van der Waals surface area contributed by atoms with Gasteiger partial charge in [-0.2, -0.15) is 13.2 Å². The van der Waals surface area contributed by atoms with Crippen LogP contribution in [-0.4, -0.2) is 18.8 Å². The zero-order chi connectivity index (χ0) is 16.0. The first-order chi connectivity index (χ1) is 9.67. The molecular formula is C16H24F3NO. The van der Waals surface area contributed by atoms with Crippen molar-refractivity contribution in [2.75, 3.05) is 6.61 Å². The highest BCUT2D eigenvalue weighted by Gasteiger charge is 2.30. The van der Waals surface area contributed by atoms with E-state index in [1.807, 2.05) is 31.2 Å². The van der Waals surface area contributed by atoms with Gasteiger partial charge in [0.25, 0.3) is 0 Å². The van der Waals surface area contributed by atoms with Crippen LogP contribution in [0.25, 0.3) is 0 Å². The Morgan fingerprint density at radius 1 is 1.05 bits per heavy atom. The van der Waals surface area contributed by atoms with Crippen LogP contribution < -0.4 is 10.1 Å². The van der Waals surface area contributed by atoms with Gasteiger partial charge >= 0.3 is 6.18 Å². The van der Waals surface area contributed by atoms with Crippen molar-refractivity contribution >= 4 is 0 Å². The standard InChI is InChI=1S/C16H24F3NO/c1-11(2)10-21-15-7-5-14(6-8-15)13(4)20-12(3)9-16(17,18)19/h5-8,11-13,20H,9-10H2,1-4H3. The smallest absolute Gasteiger partial charge is 0.390 e. The molecule has 0 radical (unpaired) electrons. The molecule has 0 bridgehead atoms. The Morgan fingerprint density at radius 3 is 2.10 bits per heavy atom. The molecule has 2 unspecified atom stereocenters. The van der Waals surface area contributed by atoms with E-state index in [4.69, 9.17) is 4.74 Å². The van der Waals surface area contributed by atoms with Gasteiger partial charge in [-0.25, -0.2) is 0 Å². The summed E-state index contributed by atoms with van der Waals surface area (Å²) in [5, 5.41) is 2.96. The monoisotopic (exact) mass is 303 g/mol. The van der Waals surface area contributed by atoms with E-state index in [1.165, 1.54) is 0 Å². The highest BCUT2D eigenvalue weighted by atomic mass is 19.4. The quantitative estimate of drug-likeness (QED) is 0.787. The van der Waals surface area contributed by atoms with Gasteiger partial charge in [0.05, 0.1) is 13.0 Å². The highest BCUT2D eigenvalue weighted by Crippen LogP contribution is 2.24. The number of benzene rings is 1. The molecule has 0 amide bonds. The number of alkyl halides is 3. The fraction of sp³-hybridized carbons (Fsp3) is 0.625. The van der Waals surface area contributed by atoms with E-state index in [2.05, 4.69) is 19.2 Å². The number of nitrogens with one attached hydrogen (secondary N) is 1. The van der Waals surface area contributed by atoms with Crippen molar-refractivity contribution < 1.29 is 17.9 Å². The molecule has 2 atom stereocenters. The summed E-state index contributed by atoms with van der Waals surface area (Å²) in [6.45, 7) is 8.20. The second-order valence-corrected chi connectivity index (χ2v) is 5.88. The van der Waals surface area contributed by atoms with Crippen LogP contribution in [0.1, 0.15) is 45.7 Å². The van der Waals surface area contributed by atoms with Crippen molar-refractivity contribution in [1.29, 1.82) is 0 Å². The van der Waals surface area contributed by atoms with Crippen LogP contribution in [0.5, 0.6) is 5.75 Å². The molecule has 2 nitrogen and oxygen atoms in total. The molecule has 1 rings (SSSR count). The van der Waals surface area contributed by atoms with Crippen LogP contribution in [0.2, 0.25) is 0 Å². The maximum atomic E-state index is 12.3. The van der Waals surface area contributed by atoms with Crippen molar-refractivity contribution in [3.8, 4) is 5.75 Å². The minimum absolute atomic E-state index is 0.138. The van der Waals surface area contributed by atoms with E-state index in [-0.39, 0.29) is 6.04 Å². The average molecular weight is 303 g/mol. The van der Waals surface area contributed by atoms with E-state index < -0.39 is 18.6 Å². The minimum atomic E-state index is -4.14. The van der Waals surface area contributed by atoms with E-state index in [9.17, 15) is 13.2 Å². The summed E-state index contributed by atoms with van der Waals surface area (Å²) in [5.74, 6) is 1.23. The summed E-state index contributed by atoms with van der Waals surface area (Å²) in [4.78, 5) is 0. The van der Waals surface area contributed by atoms with E-state index in [1.54, 1.807) is 6.92 Å². The lowest BCUT2D eigenvalue weighted by molar-refractivity contribution is -0.139. The molecule has 1 aromatic rings. The fourth-order valence-corrected chi connectivity index (χ4v) is 2.04. The largest absolute Gasteiger partial charge is 0.493 e. The van der Waals surface area contributed by atoms with Crippen molar-refractivity contribution in [3.63, 3.8) is 0 Å². The first-order valence-electron chi connectivity index (χ1n) is 7.23. The summed E-state index contributed by atoms with van der Waals surface area (Å²) in [7, 11) is 0. The SMILES string of the molecule is CC(C)COc1ccc(C(C)NC(C)CC(F)(F)F)cc1. The molecule has 5 heteroatoms. The molecular weight excluding hydrogens is 279 g/mol. The zero-order valence-electron chi connectivity index (χ0n) is 13.0. The lowest BCUT2D eigenvalue weighted by Crippen LogP contribution is -2.33. The van der Waals surface area contributed by atoms with Crippen LogP contribution in [0, 0.1) is 5.92 Å². The minimum Gasteiger partial charge on any atom is -0.493 e. The number of ether oxygens (including phenoxy) is 1. The van der Waals surface area contributed by atoms with Crippen LogP contribution >= 0.6 is 0 Å². The summed E-state index contributed by atoms with van der Waals surface area (Å²) in [6, 6.07) is 6.72. The van der Waals surface area contributed by atoms with Crippen LogP contribution in [0.4, 0.5) is 13.2 Å². The van der Waals surface area contributed by atoms with Crippen LogP contribution in [-0.2, 0) is 0 Å².